The summed E-state index contributed by atoms with van der Waals surface area (Å²) in [6.45, 7) is 1.63. The van der Waals surface area contributed by atoms with Gasteiger partial charge in [0.25, 0.3) is 5.91 Å². The fourth-order valence-electron chi connectivity index (χ4n) is 2.30. The molecule has 0 spiro atoms. The number of ether oxygens (including phenoxy) is 1. The zero-order valence-corrected chi connectivity index (χ0v) is 14.9. The Balaban J connectivity index is 1.90. The molecule has 1 aliphatic rings. The molecule has 5 nitrogen and oxygen atoms in total. The topological polar surface area (TPSA) is 59.8 Å². The Kier molecular flexibility index (Phi) is 4.73. The Morgan fingerprint density at radius 3 is 2.68 bits per heavy atom. The Labute approximate surface area is 152 Å². The molecule has 0 unspecified atom stereocenters. The van der Waals surface area contributed by atoms with E-state index >= 15 is 0 Å². The Bertz CT molecular complexity index is 902. The van der Waals surface area contributed by atoms with Crippen LogP contribution in [-0.4, -0.2) is 23.3 Å². The first kappa shape index (κ1) is 17.4. The van der Waals surface area contributed by atoms with Crippen LogP contribution in [-0.2, 0) is 9.53 Å². The van der Waals surface area contributed by atoms with Gasteiger partial charge in [0.05, 0.1) is 17.7 Å². The number of methoxy groups -OCH3 is 1. The number of furan rings is 1. The second-order valence-electron chi connectivity index (χ2n) is 5.10. The summed E-state index contributed by atoms with van der Waals surface area (Å²) >= 11 is 6.35. The molecule has 1 aromatic carbocycles. The van der Waals surface area contributed by atoms with Crippen molar-refractivity contribution in [2.24, 2.45) is 0 Å². The number of carbonyl (C=O) groups is 2. The van der Waals surface area contributed by atoms with Crippen LogP contribution in [0.15, 0.2) is 39.7 Å². The standard InChI is InChI=1S/C17H12FNO4S2/c1-9-13(16(21)22-2)7-12(23-9)8-14-15(20)19(17(24)25-14)11-5-3-10(18)4-6-11/h3-8H,1-2H3/b14-8-. The highest BCUT2D eigenvalue weighted by atomic mass is 32.2. The van der Waals surface area contributed by atoms with Gasteiger partial charge in [0, 0.05) is 6.08 Å². The minimum atomic E-state index is -0.514. The van der Waals surface area contributed by atoms with E-state index in [1.165, 1.54) is 48.4 Å². The molecule has 25 heavy (non-hydrogen) atoms. The summed E-state index contributed by atoms with van der Waals surface area (Å²) in [4.78, 5) is 25.9. The molecule has 2 aromatic rings. The van der Waals surface area contributed by atoms with E-state index in [-0.39, 0.29) is 5.91 Å². The van der Waals surface area contributed by atoms with E-state index in [1.54, 1.807) is 6.92 Å². The third-order valence-corrected chi connectivity index (χ3v) is 4.80. The fraction of sp³-hybridized carbons (Fsp3) is 0.118. The van der Waals surface area contributed by atoms with E-state index in [0.717, 1.165) is 11.8 Å². The lowest BCUT2D eigenvalue weighted by Crippen LogP contribution is -2.27. The Hall–Kier alpha value is -2.45. The highest BCUT2D eigenvalue weighted by Crippen LogP contribution is 2.36. The van der Waals surface area contributed by atoms with Gasteiger partial charge in [-0.2, -0.15) is 0 Å². The van der Waals surface area contributed by atoms with Gasteiger partial charge in [0.1, 0.15) is 22.9 Å². The average molecular weight is 377 g/mol. The SMILES string of the molecule is COC(=O)c1cc(/C=C2\SC(=S)N(c3ccc(F)cc3)C2=O)oc1C. The lowest BCUT2D eigenvalue weighted by Gasteiger charge is -2.14. The molecule has 0 N–H and O–H groups in total. The molecule has 0 saturated carbocycles. The van der Waals surface area contributed by atoms with E-state index in [1.807, 2.05) is 0 Å². The molecule has 1 aliphatic heterocycles. The first-order chi connectivity index (χ1) is 11.9. The number of rotatable bonds is 3. The number of halogens is 1. The van der Waals surface area contributed by atoms with Crippen molar-refractivity contribution in [2.45, 2.75) is 6.92 Å². The largest absolute Gasteiger partial charge is 0.465 e. The zero-order valence-electron chi connectivity index (χ0n) is 13.2. The summed E-state index contributed by atoms with van der Waals surface area (Å²) in [5.74, 6) is -0.509. The van der Waals surface area contributed by atoms with Gasteiger partial charge in [-0.25, -0.2) is 9.18 Å². The molecule has 0 aliphatic carbocycles. The summed E-state index contributed by atoms with van der Waals surface area (Å²) in [5.41, 5.74) is 0.779. The molecular formula is C17H12FNO4S2. The fourth-order valence-corrected chi connectivity index (χ4v) is 3.58. The smallest absolute Gasteiger partial charge is 0.341 e. The van der Waals surface area contributed by atoms with Crippen molar-refractivity contribution in [3.05, 3.63) is 58.1 Å². The van der Waals surface area contributed by atoms with Gasteiger partial charge in [-0.1, -0.05) is 24.0 Å². The molecule has 8 heteroatoms. The van der Waals surface area contributed by atoms with Crippen molar-refractivity contribution in [3.63, 3.8) is 0 Å². The van der Waals surface area contributed by atoms with Crippen LogP contribution in [0.5, 0.6) is 0 Å². The number of hydrogen-bond donors (Lipinski definition) is 0. The molecule has 0 atom stereocenters. The Morgan fingerprint density at radius 2 is 2.04 bits per heavy atom. The van der Waals surface area contributed by atoms with Crippen molar-refractivity contribution in [1.82, 2.24) is 0 Å². The molecule has 1 saturated heterocycles. The van der Waals surface area contributed by atoms with Crippen LogP contribution in [0.4, 0.5) is 10.1 Å². The number of carbonyl (C=O) groups excluding carboxylic acids is 2. The highest BCUT2D eigenvalue weighted by Gasteiger charge is 2.33. The van der Waals surface area contributed by atoms with Crippen LogP contribution in [0.1, 0.15) is 21.9 Å². The molecule has 1 aromatic heterocycles. The normalized spacial score (nSPS) is 16.0. The highest BCUT2D eigenvalue weighted by molar-refractivity contribution is 8.27. The number of thioether (sulfide) groups is 1. The minimum absolute atomic E-state index is 0.294. The van der Waals surface area contributed by atoms with E-state index in [4.69, 9.17) is 16.6 Å². The van der Waals surface area contributed by atoms with Crippen LogP contribution >= 0.6 is 24.0 Å². The van der Waals surface area contributed by atoms with Crippen LogP contribution in [0.3, 0.4) is 0 Å². The summed E-state index contributed by atoms with van der Waals surface area (Å²) < 4.78 is 23.6. The number of amides is 1. The van der Waals surface area contributed by atoms with Gasteiger partial charge < -0.3 is 9.15 Å². The zero-order chi connectivity index (χ0) is 18.1. The maximum atomic E-state index is 13.1. The minimum Gasteiger partial charge on any atom is -0.465 e. The van der Waals surface area contributed by atoms with E-state index < -0.39 is 11.8 Å². The first-order valence-electron chi connectivity index (χ1n) is 7.13. The van der Waals surface area contributed by atoms with E-state index in [2.05, 4.69) is 4.74 Å². The van der Waals surface area contributed by atoms with Gasteiger partial charge in [-0.3, -0.25) is 9.69 Å². The Morgan fingerprint density at radius 1 is 1.36 bits per heavy atom. The lowest BCUT2D eigenvalue weighted by atomic mass is 10.2. The molecule has 128 valence electrons. The number of hydrogen-bond acceptors (Lipinski definition) is 6. The number of aryl methyl sites for hydroxylation is 1. The van der Waals surface area contributed by atoms with Gasteiger partial charge in [0.15, 0.2) is 4.32 Å². The predicted octanol–water partition coefficient (Wildman–Crippen LogP) is 3.92. The number of thiocarbonyl (C=S) groups is 1. The third-order valence-electron chi connectivity index (χ3n) is 3.49. The van der Waals surface area contributed by atoms with Crippen molar-refractivity contribution in [1.29, 1.82) is 0 Å². The van der Waals surface area contributed by atoms with E-state index in [0.29, 0.717) is 32.0 Å². The van der Waals surface area contributed by atoms with Crippen LogP contribution in [0, 0.1) is 12.7 Å². The van der Waals surface area contributed by atoms with Crippen LogP contribution in [0.2, 0.25) is 0 Å². The maximum Gasteiger partial charge on any atom is 0.341 e. The van der Waals surface area contributed by atoms with Crippen molar-refractivity contribution >= 4 is 51.9 Å². The van der Waals surface area contributed by atoms with Crippen LogP contribution < -0.4 is 4.90 Å². The molecule has 0 bridgehead atoms. The molecule has 3 rings (SSSR count). The van der Waals surface area contributed by atoms with Crippen molar-refractivity contribution in [3.8, 4) is 0 Å². The maximum absolute atomic E-state index is 13.1. The average Bonchev–Trinajstić information content (AvgIpc) is 3.08. The number of benzene rings is 1. The molecular weight excluding hydrogens is 365 g/mol. The summed E-state index contributed by atoms with van der Waals surface area (Å²) in [6, 6.07) is 6.99. The van der Waals surface area contributed by atoms with Gasteiger partial charge in [-0.15, -0.1) is 0 Å². The summed E-state index contributed by atoms with van der Waals surface area (Å²) in [7, 11) is 1.28. The summed E-state index contributed by atoms with van der Waals surface area (Å²) in [5, 5.41) is 0. The quantitative estimate of drug-likeness (QED) is 0.459. The molecule has 1 amide bonds. The van der Waals surface area contributed by atoms with Gasteiger partial charge in [0.2, 0.25) is 0 Å². The van der Waals surface area contributed by atoms with Crippen molar-refractivity contribution in [2.75, 3.05) is 12.0 Å². The third kappa shape index (κ3) is 3.35. The molecule has 0 radical (unpaired) electrons. The van der Waals surface area contributed by atoms with Crippen molar-refractivity contribution < 1.29 is 23.1 Å². The predicted molar refractivity (Wildman–Crippen MR) is 96.8 cm³/mol. The summed E-state index contributed by atoms with van der Waals surface area (Å²) in [6.07, 6.45) is 1.52. The number of anilines is 1. The van der Waals surface area contributed by atoms with Gasteiger partial charge in [-0.05, 0) is 37.3 Å². The van der Waals surface area contributed by atoms with E-state index in [9.17, 15) is 14.0 Å². The number of nitrogens with zero attached hydrogens (tertiary/aromatic N) is 1. The molecule has 2 heterocycles. The second kappa shape index (κ2) is 6.81. The monoisotopic (exact) mass is 377 g/mol. The molecule has 1 fully saturated rings. The van der Waals surface area contributed by atoms with Crippen LogP contribution in [0.25, 0.3) is 6.08 Å². The number of esters is 1. The second-order valence-corrected chi connectivity index (χ2v) is 6.78. The first-order valence-corrected chi connectivity index (χ1v) is 8.35. The van der Waals surface area contributed by atoms with Gasteiger partial charge >= 0.3 is 5.97 Å². The lowest BCUT2D eigenvalue weighted by molar-refractivity contribution is -0.113.